The third-order valence-corrected chi connectivity index (χ3v) is 2.66. The smallest absolute Gasteiger partial charge is 0.215 e. The van der Waals surface area contributed by atoms with Gasteiger partial charge in [-0.25, -0.2) is 4.98 Å². The molecule has 0 fully saturated rings. The number of anilines is 1. The number of nitrogens with two attached hydrogens (primary N) is 1. The number of rotatable bonds is 8. The minimum absolute atomic E-state index is 0.551. The summed E-state index contributed by atoms with van der Waals surface area (Å²) in [5, 5.41) is 0. The molecule has 0 aliphatic heterocycles. The average molecular weight is 272 g/mol. The van der Waals surface area contributed by atoms with E-state index in [0.717, 1.165) is 12.8 Å². The van der Waals surface area contributed by atoms with Gasteiger partial charge in [-0.2, -0.15) is 0 Å². The van der Waals surface area contributed by atoms with Crippen LogP contribution < -0.4 is 10.5 Å². The van der Waals surface area contributed by atoms with E-state index in [1.807, 2.05) is 13.8 Å². The van der Waals surface area contributed by atoms with E-state index in [-0.39, 0.29) is 0 Å². The normalized spacial score (nSPS) is 11.5. The summed E-state index contributed by atoms with van der Waals surface area (Å²) in [5.41, 5.74) is 6.26. The molecule has 0 bridgehead atoms. The number of unbranched alkanes of at least 4 members (excludes halogenated alkanes) is 1. The molecule has 0 aliphatic carbocycles. The van der Waals surface area contributed by atoms with E-state index in [1.165, 1.54) is 0 Å². The lowest BCUT2D eigenvalue weighted by atomic mass is 10.3. The molecular weight excluding hydrogens is 252 g/mol. The zero-order chi connectivity index (χ0) is 13.4. The Bertz CT molecular complexity index is 361. The molecule has 2 N–H and O–H groups in total. The van der Waals surface area contributed by atoms with Crippen molar-refractivity contribution >= 4 is 18.6 Å². The fraction of sp³-hybridized carbons (Fsp3) is 0.583. The van der Waals surface area contributed by atoms with Crippen LogP contribution in [0.2, 0.25) is 0 Å². The Morgan fingerprint density at radius 2 is 2.06 bits per heavy atom. The quantitative estimate of drug-likeness (QED) is 0.329. The van der Waals surface area contributed by atoms with Gasteiger partial charge in [0.1, 0.15) is 0 Å². The monoisotopic (exact) mass is 272 g/mol. The lowest BCUT2D eigenvalue weighted by molar-refractivity contribution is -0.145. The van der Waals surface area contributed by atoms with Crippen molar-refractivity contribution in [3.05, 3.63) is 18.3 Å². The van der Waals surface area contributed by atoms with Gasteiger partial charge in [0, 0.05) is 18.0 Å². The van der Waals surface area contributed by atoms with Crippen LogP contribution in [-0.2, 0) is 8.92 Å². The molecule has 18 heavy (non-hydrogen) atoms. The molecule has 0 saturated carbocycles. The molecule has 0 aliphatic rings. The summed E-state index contributed by atoms with van der Waals surface area (Å²) in [5.74, 6) is -0.102. The Kier molecular flexibility index (Phi) is 6.24. The molecular formula is C12H20N2O3S. The maximum absolute atomic E-state index is 5.61. The number of pyridine rings is 1. The van der Waals surface area contributed by atoms with Crippen LogP contribution in [0.3, 0.4) is 0 Å². The largest absolute Gasteiger partial charge is 0.478 e. The number of nitrogens with zero attached hydrogens (tertiary/aromatic N) is 1. The molecule has 6 heteroatoms. The van der Waals surface area contributed by atoms with Crippen LogP contribution in [0.25, 0.3) is 0 Å². The van der Waals surface area contributed by atoms with E-state index in [2.05, 4.69) is 17.9 Å². The first kappa shape index (κ1) is 15.1. The van der Waals surface area contributed by atoms with Crippen molar-refractivity contribution in [3.63, 3.8) is 0 Å². The zero-order valence-electron chi connectivity index (χ0n) is 10.8. The highest BCUT2D eigenvalue weighted by Gasteiger charge is 2.16. The van der Waals surface area contributed by atoms with E-state index in [4.69, 9.17) is 19.4 Å². The Labute approximate surface area is 113 Å². The van der Waals surface area contributed by atoms with E-state index in [1.54, 1.807) is 18.3 Å². The maximum atomic E-state index is 5.61. The Hall–Kier alpha value is -0.980. The van der Waals surface area contributed by atoms with Gasteiger partial charge in [0.05, 0.1) is 13.2 Å². The van der Waals surface area contributed by atoms with Crippen molar-refractivity contribution < 1.29 is 13.7 Å². The van der Waals surface area contributed by atoms with Gasteiger partial charge >= 0.3 is 0 Å². The first-order valence-electron chi connectivity index (χ1n) is 5.84. The summed E-state index contributed by atoms with van der Waals surface area (Å²) < 4.78 is 15.8. The van der Waals surface area contributed by atoms with Gasteiger partial charge < -0.3 is 15.2 Å². The van der Waals surface area contributed by atoms with Crippen molar-refractivity contribution in [1.82, 2.24) is 4.98 Å². The first-order valence-corrected chi connectivity index (χ1v) is 6.21. The second-order valence-corrected chi connectivity index (χ2v) is 4.51. The van der Waals surface area contributed by atoms with Crippen LogP contribution in [0.15, 0.2) is 18.3 Å². The summed E-state index contributed by atoms with van der Waals surface area (Å²) in [4.78, 5) is 4.05. The molecule has 1 aromatic heterocycles. The third-order valence-electron chi connectivity index (χ3n) is 2.22. The molecule has 0 atom stereocenters. The molecule has 5 nitrogen and oxygen atoms in total. The van der Waals surface area contributed by atoms with Crippen LogP contribution in [0, 0.1) is 0 Å². The molecule has 102 valence electrons. The second-order valence-electron chi connectivity index (χ2n) is 4.32. The fourth-order valence-corrected chi connectivity index (χ4v) is 1.28. The Balaban J connectivity index is 2.09. The van der Waals surface area contributed by atoms with Crippen molar-refractivity contribution in [3.8, 4) is 5.88 Å². The summed E-state index contributed by atoms with van der Waals surface area (Å²) in [6.07, 6.45) is 3.38. The third kappa shape index (κ3) is 6.09. The van der Waals surface area contributed by atoms with Gasteiger partial charge in [-0.3, -0.25) is 4.18 Å². The SMILES string of the molecule is CC(C)(OS)OCCCCOc1cc(N)ccn1. The van der Waals surface area contributed by atoms with Gasteiger partial charge in [0.25, 0.3) is 0 Å². The summed E-state index contributed by atoms with van der Waals surface area (Å²) in [6.45, 7) is 4.81. The topological polar surface area (TPSA) is 66.6 Å². The highest BCUT2D eigenvalue weighted by Crippen LogP contribution is 2.14. The molecule has 0 saturated heterocycles. The predicted molar refractivity (Wildman–Crippen MR) is 73.5 cm³/mol. The van der Waals surface area contributed by atoms with Crippen LogP contribution in [0.1, 0.15) is 26.7 Å². The van der Waals surface area contributed by atoms with E-state index >= 15 is 0 Å². The lowest BCUT2D eigenvalue weighted by Crippen LogP contribution is -2.25. The molecule has 0 aromatic carbocycles. The molecule has 1 aromatic rings. The molecule has 0 amide bonds. The number of hydrogen-bond acceptors (Lipinski definition) is 6. The molecule has 1 rings (SSSR count). The number of aromatic nitrogens is 1. The maximum Gasteiger partial charge on any atom is 0.215 e. The second kappa shape index (κ2) is 7.45. The van der Waals surface area contributed by atoms with E-state index < -0.39 is 5.79 Å². The Morgan fingerprint density at radius 3 is 2.72 bits per heavy atom. The highest BCUT2D eigenvalue weighted by molar-refractivity contribution is 7.75. The standard InChI is InChI=1S/C12H20N2O3S/c1-12(2,17-18)16-8-4-3-7-15-11-9-10(13)5-6-14-11/h5-6,9,18H,3-4,7-8H2,1-2H3,(H2,13,14). The summed E-state index contributed by atoms with van der Waals surface area (Å²) in [7, 11) is 0. The zero-order valence-corrected chi connectivity index (χ0v) is 11.7. The molecule has 1 heterocycles. The summed E-state index contributed by atoms with van der Waals surface area (Å²) in [6, 6.07) is 3.43. The minimum atomic E-state index is -0.653. The van der Waals surface area contributed by atoms with Gasteiger partial charge in [0.2, 0.25) is 5.88 Å². The number of thiol groups is 1. The van der Waals surface area contributed by atoms with Gasteiger partial charge in [-0.05, 0) is 45.7 Å². The van der Waals surface area contributed by atoms with Crippen LogP contribution >= 0.6 is 12.9 Å². The molecule has 0 unspecified atom stereocenters. The van der Waals surface area contributed by atoms with Crippen LogP contribution in [0.4, 0.5) is 5.69 Å². The highest BCUT2D eigenvalue weighted by atomic mass is 32.1. The van der Waals surface area contributed by atoms with Gasteiger partial charge in [-0.1, -0.05) is 0 Å². The average Bonchev–Trinajstić information content (AvgIpc) is 2.34. The van der Waals surface area contributed by atoms with E-state index in [0.29, 0.717) is 24.8 Å². The van der Waals surface area contributed by atoms with Crippen molar-refractivity contribution in [2.75, 3.05) is 18.9 Å². The number of hydrogen-bond donors (Lipinski definition) is 2. The fourth-order valence-electron chi connectivity index (χ4n) is 1.23. The van der Waals surface area contributed by atoms with Crippen molar-refractivity contribution in [1.29, 1.82) is 0 Å². The van der Waals surface area contributed by atoms with Gasteiger partial charge in [-0.15, -0.1) is 0 Å². The minimum Gasteiger partial charge on any atom is -0.478 e. The first-order chi connectivity index (χ1) is 8.53. The molecule has 0 spiro atoms. The van der Waals surface area contributed by atoms with Crippen LogP contribution in [0.5, 0.6) is 5.88 Å². The lowest BCUT2D eigenvalue weighted by Gasteiger charge is -2.21. The predicted octanol–water partition coefficient (Wildman–Crippen LogP) is 2.44. The van der Waals surface area contributed by atoms with Crippen molar-refractivity contribution in [2.45, 2.75) is 32.5 Å². The van der Waals surface area contributed by atoms with Gasteiger partial charge in [0.15, 0.2) is 5.79 Å². The van der Waals surface area contributed by atoms with E-state index in [9.17, 15) is 0 Å². The summed E-state index contributed by atoms with van der Waals surface area (Å²) >= 11 is 3.73. The van der Waals surface area contributed by atoms with Crippen molar-refractivity contribution in [2.24, 2.45) is 0 Å². The number of ether oxygens (including phenoxy) is 2. The molecule has 0 radical (unpaired) electrons. The number of nitrogen functional groups attached to an aromatic ring is 1. The van der Waals surface area contributed by atoms with Crippen LogP contribution in [-0.4, -0.2) is 24.0 Å². The Morgan fingerprint density at radius 1 is 1.33 bits per heavy atom.